The summed E-state index contributed by atoms with van der Waals surface area (Å²) < 4.78 is 1.31. The molecule has 0 aliphatic carbocycles. The van der Waals surface area contributed by atoms with Crippen LogP contribution in [-0.4, -0.2) is 11.5 Å². The van der Waals surface area contributed by atoms with E-state index in [1.165, 1.54) is 29.0 Å². The molecule has 0 spiro atoms. The van der Waals surface area contributed by atoms with Crippen LogP contribution in [0.25, 0.3) is 10.2 Å². The average molecular weight is 218 g/mol. The topological polar surface area (TPSA) is 24.9 Å². The van der Waals surface area contributed by atoms with Gasteiger partial charge in [-0.05, 0) is 31.5 Å². The number of fused-ring (bicyclic) bond motifs is 1. The van der Waals surface area contributed by atoms with E-state index in [4.69, 9.17) is 4.98 Å². The predicted octanol–water partition coefficient (Wildman–Crippen LogP) is 3.11. The highest BCUT2D eigenvalue weighted by Crippen LogP contribution is 2.30. The molecule has 0 saturated carbocycles. The van der Waals surface area contributed by atoms with E-state index in [9.17, 15) is 0 Å². The second kappa shape index (κ2) is 3.91. The monoisotopic (exact) mass is 218 g/mol. The minimum Gasteiger partial charge on any atom is -0.308 e. The molecule has 1 aliphatic rings. The van der Waals surface area contributed by atoms with Gasteiger partial charge in [0.1, 0.15) is 5.01 Å². The largest absolute Gasteiger partial charge is 0.308 e. The van der Waals surface area contributed by atoms with Gasteiger partial charge in [-0.3, -0.25) is 0 Å². The van der Waals surface area contributed by atoms with Gasteiger partial charge in [-0.15, -0.1) is 11.3 Å². The van der Waals surface area contributed by atoms with Gasteiger partial charge in [0, 0.05) is 0 Å². The fraction of sp³-hybridized carbons (Fsp3) is 0.417. The molecule has 1 unspecified atom stereocenters. The van der Waals surface area contributed by atoms with Gasteiger partial charge in [0.05, 0.1) is 16.3 Å². The van der Waals surface area contributed by atoms with Crippen molar-refractivity contribution in [3.63, 3.8) is 0 Å². The zero-order valence-corrected chi connectivity index (χ0v) is 9.39. The fourth-order valence-corrected chi connectivity index (χ4v) is 3.18. The molecule has 1 aliphatic heterocycles. The van der Waals surface area contributed by atoms with Crippen molar-refractivity contribution in [2.24, 2.45) is 0 Å². The van der Waals surface area contributed by atoms with Crippen LogP contribution < -0.4 is 5.32 Å². The number of benzene rings is 1. The Labute approximate surface area is 93.3 Å². The van der Waals surface area contributed by atoms with Gasteiger partial charge in [0.15, 0.2) is 0 Å². The van der Waals surface area contributed by atoms with E-state index in [2.05, 4.69) is 29.6 Å². The molecule has 3 rings (SSSR count). The molecule has 3 heteroatoms. The zero-order chi connectivity index (χ0) is 10.1. The molecule has 2 nitrogen and oxygen atoms in total. The Hall–Kier alpha value is -0.930. The molecular weight excluding hydrogens is 204 g/mol. The van der Waals surface area contributed by atoms with Crippen LogP contribution in [-0.2, 0) is 0 Å². The highest BCUT2D eigenvalue weighted by molar-refractivity contribution is 7.18. The summed E-state index contributed by atoms with van der Waals surface area (Å²) in [6, 6.07) is 8.88. The van der Waals surface area contributed by atoms with E-state index in [0.29, 0.717) is 6.04 Å². The van der Waals surface area contributed by atoms with Crippen molar-refractivity contribution in [3.05, 3.63) is 29.3 Å². The first kappa shape index (κ1) is 9.31. The molecule has 0 amide bonds. The van der Waals surface area contributed by atoms with Crippen LogP contribution in [0.3, 0.4) is 0 Å². The Morgan fingerprint density at radius 1 is 1.27 bits per heavy atom. The van der Waals surface area contributed by atoms with E-state index in [0.717, 1.165) is 12.1 Å². The van der Waals surface area contributed by atoms with Crippen LogP contribution in [0.15, 0.2) is 24.3 Å². The summed E-state index contributed by atoms with van der Waals surface area (Å²) in [6.45, 7) is 1.14. The maximum atomic E-state index is 4.69. The van der Waals surface area contributed by atoms with Gasteiger partial charge in [-0.1, -0.05) is 18.6 Å². The summed E-state index contributed by atoms with van der Waals surface area (Å²) in [7, 11) is 0. The molecule has 0 bridgehead atoms. The number of aromatic nitrogens is 1. The first-order valence-electron chi connectivity index (χ1n) is 5.52. The highest BCUT2D eigenvalue weighted by Gasteiger charge is 2.18. The summed E-state index contributed by atoms with van der Waals surface area (Å²) in [5.74, 6) is 0. The second-order valence-corrected chi connectivity index (χ2v) is 5.08. The molecule has 1 atom stereocenters. The number of nitrogens with one attached hydrogen (secondary N) is 1. The average Bonchev–Trinajstić information content (AvgIpc) is 2.74. The van der Waals surface area contributed by atoms with Crippen molar-refractivity contribution in [1.29, 1.82) is 0 Å². The Bertz CT molecular complexity index is 424. The van der Waals surface area contributed by atoms with Crippen LogP contribution in [0.5, 0.6) is 0 Å². The maximum Gasteiger partial charge on any atom is 0.111 e. The zero-order valence-electron chi connectivity index (χ0n) is 8.57. The summed E-state index contributed by atoms with van der Waals surface area (Å²) >= 11 is 1.83. The van der Waals surface area contributed by atoms with E-state index in [1.807, 2.05) is 11.3 Å². The first-order chi connectivity index (χ1) is 7.43. The van der Waals surface area contributed by atoms with Gasteiger partial charge in [-0.25, -0.2) is 4.98 Å². The lowest BCUT2D eigenvalue weighted by molar-refractivity contribution is 0.411. The van der Waals surface area contributed by atoms with Gasteiger partial charge in [0.2, 0.25) is 0 Å². The Morgan fingerprint density at radius 3 is 3.00 bits per heavy atom. The lowest BCUT2D eigenvalue weighted by atomic mass is 10.1. The number of nitrogens with zero attached hydrogens (tertiary/aromatic N) is 1. The van der Waals surface area contributed by atoms with E-state index in [1.54, 1.807) is 0 Å². The Balaban J connectivity index is 1.96. The van der Waals surface area contributed by atoms with Crippen LogP contribution >= 0.6 is 11.3 Å². The minimum atomic E-state index is 0.496. The molecule has 1 N–H and O–H groups in total. The van der Waals surface area contributed by atoms with Crippen LogP contribution in [0.1, 0.15) is 30.3 Å². The smallest absolute Gasteiger partial charge is 0.111 e. The number of hydrogen-bond acceptors (Lipinski definition) is 3. The molecule has 78 valence electrons. The van der Waals surface area contributed by atoms with Crippen molar-refractivity contribution in [2.45, 2.75) is 25.3 Å². The summed E-state index contributed by atoms with van der Waals surface area (Å²) in [5.41, 5.74) is 1.14. The van der Waals surface area contributed by atoms with Gasteiger partial charge in [-0.2, -0.15) is 0 Å². The number of para-hydroxylation sites is 1. The van der Waals surface area contributed by atoms with E-state index >= 15 is 0 Å². The molecule has 1 fully saturated rings. The maximum absolute atomic E-state index is 4.69. The van der Waals surface area contributed by atoms with Crippen LogP contribution in [0, 0.1) is 0 Å². The third-order valence-electron chi connectivity index (χ3n) is 2.92. The summed E-state index contributed by atoms with van der Waals surface area (Å²) in [4.78, 5) is 4.69. The highest BCUT2D eigenvalue weighted by atomic mass is 32.1. The molecule has 15 heavy (non-hydrogen) atoms. The SMILES string of the molecule is c1ccc2sc(C3CCCCN3)nc2c1. The van der Waals surface area contributed by atoms with Crippen molar-refractivity contribution >= 4 is 21.6 Å². The third-order valence-corrected chi connectivity index (χ3v) is 4.07. The second-order valence-electron chi connectivity index (χ2n) is 4.02. The molecule has 1 saturated heterocycles. The van der Waals surface area contributed by atoms with E-state index < -0.39 is 0 Å². The normalized spacial score (nSPS) is 22.0. The number of piperidine rings is 1. The fourth-order valence-electron chi connectivity index (χ4n) is 2.10. The van der Waals surface area contributed by atoms with Gasteiger partial charge in [0.25, 0.3) is 0 Å². The molecule has 2 heterocycles. The first-order valence-corrected chi connectivity index (χ1v) is 6.34. The van der Waals surface area contributed by atoms with Crippen molar-refractivity contribution in [3.8, 4) is 0 Å². The van der Waals surface area contributed by atoms with Crippen molar-refractivity contribution in [1.82, 2.24) is 10.3 Å². The van der Waals surface area contributed by atoms with Crippen molar-refractivity contribution < 1.29 is 0 Å². The van der Waals surface area contributed by atoms with Gasteiger partial charge >= 0.3 is 0 Å². The number of rotatable bonds is 1. The Kier molecular flexibility index (Phi) is 2.43. The lowest BCUT2D eigenvalue weighted by Crippen LogP contribution is -2.26. The third kappa shape index (κ3) is 1.77. The number of hydrogen-bond donors (Lipinski definition) is 1. The molecule has 1 aromatic heterocycles. The standard InChI is InChI=1S/C12H14N2S/c1-2-7-11-9(5-1)14-12(15-11)10-6-3-4-8-13-10/h1-2,5,7,10,13H,3-4,6,8H2. The van der Waals surface area contributed by atoms with Crippen LogP contribution in [0.4, 0.5) is 0 Å². The van der Waals surface area contributed by atoms with Crippen LogP contribution in [0.2, 0.25) is 0 Å². The lowest BCUT2D eigenvalue weighted by Gasteiger charge is -2.20. The molecule has 0 radical (unpaired) electrons. The molecule has 1 aromatic carbocycles. The quantitative estimate of drug-likeness (QED) is 0.795. The van der Waals surface area contributed by atoms with Gasteiger partial charge < -0.3 is 5.32 Å². The molecular formula is C12H14N2S. The summed E-state index contributed by atoms with van der Waals surface area (Å²) in [6.07, 6.45) is 3.87. The van der Waals surface area contributed by atoms with E-state index in [-0.39, 0.29) is 0 Å². The minimum absolute atomic E-state index is 0.496. The number of thiazole rings is 1. The molecule has 2 aromatic rings. The van der Waals surface area contributed by atoms with Crippen molar-refractivity contribution in [2.75, 3.05) is 6.54 Å². The Morgan fingerprint density at radius 2 is 2.20 bits per heavy atom. The predicted molar refractivity (Wildman–Crippen MR) is 64.2 cm³/mol. The summed E-state index contributed by atoms with van der Waals surface area (Å²) in [5, 5.41) is 4.80.